The van der Waals surface area contributed by atoms with Crippen molar-refractivity contribution in [3.05, 3.63) is 28.8 Å². The zero-order valence-corrected chi connectivity index (χ0v) is 10.6. The first-order chi connectivity index (χ1) is 8.63. The molecule has 0 saturated carbocycles. The van der Waals surface area contributed by atoms with Gasteiger partial charge in [0.25, 0.3) is 0 Å². The van der Waals surface area contributed by atoms with Crippen molar-refractivity contribution in [3.63, 3.8) is 0 Å². The third kappa shape index (κ3) is 2.37. The Bertz CT molecular complexity index is 491. The number of benzene rings is 1. The molecule has 0 radical (unpaired) electrons. The van der Waals surface area contributed by atoms with Crippen molar-refractivity contribution in [1.82, 2.24) is 0 Å². The lowest BCUT2D eigenvalue weighted by atomic mass is 10.0. The van der Waals surface area contributed by atoms with Crippen LogP contribution in [-0.4, -0.2) is 25.0 Å². The first kappa shape index (κ1) is 12.6. The molecule has 0 aliphatic heterocycles. The van der Waals surface area contributed by atoms with E-state index in [-0.39, 0.29) is 12.4 Å². The van der Waals surface area contributed by atoms with Crippen LogP contribution < -0.4 is 4.74 Å². The number of carbonyl (C=O) groups is 2. The molecule has 18 heavy (non-hydrogen) atoms. The number of aryl methyl sites for hydroxylation is 1. The summed E-state index contributed by atoms with van der Waals surface area (Å²) in [5, 5.41) is 0. The van der Waals surface area contributed by atoms with Crippen molar-refractivity contribution < 1.29 is 19.1 Å². The Morgan fingerprint density at radius 1 is 1.33 bits per heavy atom. The van der Waals surface area contributed by atoms with Gasteiger partial charge in [0.05, 0.1) is 12.2 Å². The second-order valence-electron chi connectivity index (χ2n) is 4.25. The van der Waals surface area contributed by atoms with Crippen LogP contribution in [0.4, 0.5) is 0 Å². The zero-order chi connectivity index (χ0) is 13.1. The number of hydrogen-bond acceptors (Lipinski definition) is 4. The molecule has 1 aliphatic rings. The van der Waals surface area contributed by atoms with Gasteiger partial charge in [0.2, 0.25) is 0 Å². The Morgan fingerprint density at radius 2 is 2.11 bits per heavy atom. The predicted molar refractivity (Wildman–Crippen MR) is 66.0 cm³/mol. The maximum absolute atomic E-state index is 11.8. The number of ketones is 1. The van der Waals surface area contributed by atoms with Gasteiger partial charge < -0.3 is 9.47 Å². The summed E-state index contributed by atoms with van der Waals surface area (Å²) in [6, 6.07) is 3.66. The fraction of sp³-hybridized carbons (Fsp3) is 0.429. The minimum absolute atomic E-state index is 0.0903. The summed E-state index contributed by atoms with van der Waals surface area (Å²) in [5.74, 6) is 0.163. The Kier molecular flexibility index (Phi) is 3.65. The molecule has 0 atom stereocenters. The number of hydrogen-bond donors (Lipinski definition) is 0. The lowest BCUT2D eigenvalue weighted by molar-refractivity contribution is -0.145. The summed E-state index contributed by atoms with van der Waals surface area (Å²) in [4.78, 5) is 23.0. The van der Waals surface area contributed by atoms with E-state index in [2.05, 4.69) is 0 Å². The highest BCUT2D eigenvalue weighted by Gasteiger charge is 2.25. The smallest absolute Gasteiger partial charge is 0.344 e. The van der Waals surface area contributed by atoms with Crippen LogP contribution in [0.25, 0.3) is 0 Å². The highest BCUT2D eigenvalue weighted by molar-refractivity contribution is 6.03. The van der Waals surface area contributed by atoms with Gasteiger partial charge in [0, 0.05) is 6.42 Å². The summed E-state index contributed by atoms with van der Waals surface area (Å²) >= 11 is 0. The van der Waals surface area contributed by atoms with E-state index in [1.165, 1.54) is 0 Å². The lowest BCUT2D eigenvalue weighted by Gasteiger charge is -2.11. The molecule has 0 unspecified atom stereocenters. The first-order valence-corrected chi connectivity index (χ1v) is 6.07. The molecule has 96 valence electrons. The molecule has 4 nitrogen and oxygen atoms in total. The molecule has 1 aliphatic carbocycles. The van der Waals surface area contributed by atoms with E-state index in [1.807, 2.05) is 13.0 Å². The maximum Gasteiger partial charge on any atom is 0.344 e. The van der Waals surface area contributed by atoms with Gasteiger partial charge in [-0.25, -0.2) is 4.79 Å². The van der Waals surface area contributed by atoms with Gasteiger partial charge in [0.15, 0.2) is 12.4 Å². The fourth-order valence-electron chi connectivity index (χ4n) is 2.18. The second kappa shape index (κ2) is 5.21. The predicted octanol–water partition coefficient (Wildman–Crippen LogP) is 2.07. The molecule has 0 heterocycles. The number of rotatable bonds is 4. The van der Waals surface area contributed by atoms with Gasteiger partial charge >= 0.3 is 5.97 Å². The molecule has 0 bridgehead atoms. The van der Waals surface area contributed by atoms with Crippen LogP contribution in [-0.2, 0) is 16.0 Å². The number of carbonyl (C=O) groups excluding carboxylic acids is 2. The molecule has 1 aromatic carbocycles. The third-order valence-electron chi connectivity index (χ3n) is 3.04. The van der Waals surface area contributed by atoms with Crippen molar-refractivity contribution in [2.75, 3.05) is 13.2 Å². The Balaban J connectivity index is 2.17. The molecule has 0 fully saturated rings. The lowest BCUT2D eigenvalue weighted by Crippen LogP contribution is -2.15. The van der Waals surface area contributed by atoms with Gasteiger partial charge in [-0.3, -0.25) is 4.79 Å². The highest BCUT2D eigenvalue weighted by Crippen LogP contribution is 2.32. The molecule has 4 heteroatoms. The standard InChI is InChI=1S/C14H16O4/c1-3-17-13(16)8-18-12-7-4-9(2)10-5-6-11(15)14(10)12/h4,7H,3,5-6,8H2,1-2H3. The maximum atomic E-state index is 11.8. The highest BCUT2D eigenvalue weighted by atomic mass is 16.6. The minimum Gasteiger partial charge on any atom is -0.481 e. The summed E-state index contributed by atoms with van der Waals surface area (Å²) < 4.78 is 10.2. The molecule has 0 spiro atoms. The van der Waals surface area contributed by atoms with E-state index in [9.17, 15) is 9.59 Å². The Labute approximate surface area is 106 Å². The van der Waals surface area contributed by atoms with Gasteiger partial charge in [-0.05, 0) is 37.5 Å². The quantitative estimate of drug-likeness (QED) is 0.765. The molecular formula is C14H16O4. The summed E-state index contributed by atoms with van der Waals surface area (Å²) in [6.07, 6.45) is 1.28. The number of Topliss-reactive ketones (excluding diaryl/α,β-unsaturated/α-hetero) is 1. The third-order valence-corrected chi connectivity index (χ3v) is 3.04. The number of esters is 1. The number of ether oxygens (including phenoxy) is 2. The van der Waals surface area contributed by atoms with Crippen LogP contribution >= 0.6 is 0 Å². The average Bonchev–Trinajstić information content (AvgIpc) is 2.73. The summed E-state index contributed by atoms with van der Waals surface area (Å²) in [5.41, 5.74) is 2.78. The van der Waals surface area contributed by atoms with Gasteiger partial charge in [0.1, 0.15) is 5.75 Å². The van der Waals surface area contributed by atoms with Gasteiger partial charge in [-0.15, -0.1) is 0 Å². The molecule has 0 saturated heterocycles. The molecule has 0 amide bonds. The Morgan fingerprint density at radius 3 is 2.83 bits per heavy atom. The SMILES string of the molecule is CCOC(=O)COc1ccc(C)c2c1C(=O)CC2. The van der Waals surface area contributed by atoms with E-state index in [0.29, 0.717) is 24.3 Å². The normalized spacial score (nSPS) is 13.3. The molecular weight excluding hydrogens is 232 g/mol. The van der Waals surface area contributed by atoms with Crippen molar-refractivity contribution >= 4 is 11.8 Å². The summed E-state index contributed by atoms with van der Waals surface area (Å²) in [7, 11) is 0. The molecule has 2 rings (SSSR count). The van der Waals surface area contributed by atoms with Crippen LogP contribution in [0.3, 0.4) is 0 Å². The summed E-state index contributed by atoms with van der Waals surface area (Å²) in [6.45, 7) is 3.89. The molecule has 0 aromatic heterocycles. The van der Waals surface area contributed by atoms with E-state index in [4.69, 9.17) is 9.47 Å². The van der Waals surface area contributed by atoms with Crippen LogP contribution in [0.1, 0.15) is 34.8 Å². The largest absolute Gasteiger partial charge is 0.481 e. The van der Waals surface area contributed by atoms with Crippen LogP contribution in [0.2, 0.25) is 0 Å². The van der Waals surface area contributed by atoms with Crippen molar-refractivity contribution in [2.24, 2.45) is 0 Å². The number of fused-ring (bicyclic) bond motifs is 1. The topological polar surface area (TPSA) is 52.6 Å². The fourth-order valence-corrected chi connectivity index (χ4v) is 2.18. The average molecular weight is 248 g/mol. The van der Waals surface area contributed by atoms with Crippen LogP contribution in [0.5, 0.6) is 5.75 Å². The van der Waals surface area contributed by atoms with E-state index in [1.54, 1.807) is 13.0 Å². The Hall–Kier alpha value is -1.84. The van der Waals surface area contributed by atoms with Crippen LogP contribution in [0, 0.1) is 6.92 Å². The minimum atomic E-state index is -0.419. The monoisotopic (exact) mass is 248 g/mol. The molecule has 1 aromatic rings. The first-order valence-electron chi connectivity index (χ1n) is 6.07. The van der Waals surface area contributed by atoms with Crippen LogP contribution in [0.15, 0.2) is 12.1 Å². The van der Waals surface area contributed by atoms with E-state index < -0.39 is 5.97 Å². The van der Waals surface area contributed by atoms with E-state index >= 15 is 0 Å². The van der Waals surface area contributed by atoms with E-state index in [0.717, 1.165) is 17.5 Å². The van der Waals surface area contributed by atoms with Crippen molar-refractivity contribution in [1.29, 1.82) is 0 Å². The van der Waals surface area contributed by atoms with Gasteiger partial charge in [-0.2, -0.15) is 0 Å². The zero-order valence-electron chi connectivity index (χ0n) is 10.6. The van der Waals surface area contributed by atoms with Gasteiger partial charge in [-0.1, -0.05) is 6.07 Å². The van der Waals surface area contributed by atoms with Crippen molar-refractivity contribution in [3.8, 4) is 5.75 Å². The second-order valence-corrected chi connectivity index (χ2v) is 4.25. The van der Waals surface area contributed by atoms with Crippen molar-refractivity contribution in [2.45, 2.75) is 26.7 Å². The molecule has 0 N–H and O–H groups in total.